The lowest BCUT2D eigenvalue weighted by molar-refractivity contribution is -0.384. The molecule has 4 amide bonds. The highest BCUT2D eigenvalue weighted by atomic mass is 16.6. The summed E-state index contributed by atoms with van der Waals surface area (Å²) in [7, 11) is 0. The first-order chi connectivity index (χ1) is 14.8. The van der Waals surface area contributed by atoms with Gasteiger partial charge in [0.2, 0.25) is 5.91 Å². The van der Waals surface area contributed by atoms with Gasteiger partial charge in [0.1, 0.15) is 6.54 Å². The number of carbonyl (C=O) groups is 4. The molecule has 0 bridgehead atoms. The number of nitrogens with zero attached hydrogens (tertiary/aromatic N) is 3. The number of benzene rings is 1. The molecular formula is C20H18N4O7. The van der Waals surface area contributed by atoms with E-state index in [4.69, 9.17) is 4.42 Å². The van der Waals surface area contributed by atoms with Crippen molar-refractivity contribution >= 4 is 29.3 Å². The molecular weight excluding hydrogens is 408 g/mol. The maximum Gasteiger partial charge on any atom is 0.289 e. The van der Waals surface area contributed by atoms with Crippen LogP contribution < -0.4 is 5.32 Å². The second kappa shape index (κ2) is 8.01. The number of nitrogens with one attached hydrogen (secondary N) is 1. The third kappa shape index (κ3) is 3.89. The predicted octanol–water partition coefficient (Wildman–Crippen LogP) is 1.20. The lowest BCUT2D eigenvalue weighted by atomic mass is 10.0. The van der Waals surface area contributed by atoms with Gasteiger partial charge in [-0.15, -0.1) is 0 Å². The minimum absolute atomic E-state index is 0.0353. The number of furan rings is 1. The number of likely N-dealkylation sites (tertiary alicyclic amines) is 1. The zero-order valence-corrected chi connectivity index (χ0v) is 16.3. The van der Waals surface area contributed by atoms with Crippen molar-refractivity contribution in [3.63, 3.8) is 0 Å². The molecule has 2 aromatic rings. The fourth-order valence-electron chi connectivity index (χ4n) is 3.74. The third-order valence-electron chi connectivity index (χ3n) is 5.35. The molecule has 31 heavy (non-hydrogen) atoms. The van der Waals surface area contributed by atoms with E-state index in [0.717, 1.165) is 17.0 Å². The van der Waals surface area contributed by atoms with Crippen LogP contribution in [0.15, 0.2) is 41.0 Å². The number of fused-ring (bicyclic) bond motifs is 1. The minimum Gasteiger partial charge on any atom is -0.459 e. The summed E-state index contributed by atoms with van der Waals surface area (Å²) in [5.41, 5.74) is -0.355. The SMILES string of the molecule is O=C(CN1C(=O)c2ccc([N+](=O)[O-])cc2C1=O)NC1CCN(C(=O)c2ccco2)CC1. The molecule has 0 saturated carbocycles. The van der Waals surface area contributed by atoms with Crippen LogP contribution >= 0.6 is 0 Å². The van der Waals surface area contributed by atoms with Crippen molar-refractivity contribution in [2.45, 2.75) is 18.9 Å². The number of nitro groups is 1. The second-order valence-corrected chi connectivity index (χ2v) is 7.29. The fraction of sp³-hybridized carbons (Fsp3) is 0.300. The predicted molar refractivity (Wildman–Crippen MR) is 104 cm³/mol. The average molecular weight is 426 g/mol. The molecule has 0 spiro atoms. The molecule has 11 nitrogen and oxygen atoms in total. The summed E-state index contributed by atoms with van der Waals surface area (Å²) in [6.45, 7) is 0.383. The number of hydrogen-bond donors (Lipinski definition) is 1. The summed E-state index contributed by atoms with van der Waals surface area (Å²) in [6.07, 6.45) is 2.47. The van der Waals surface area contributed by atoms with E-state index < -0.39 is 29.2 Å². The van der Waals surface area contributed by atoms with Gasteiger partial charge >= 0.3 is 0 Å². The van der Waals surface area contributed by atoms with Crippen molar-refractivity contribution in [3.8, 4) is 0 Å². The number of rotatable bonds is 5. The van der Waals surface area contributed by atoms with Gasteiger partial charge in [-0.05, 0) is 31.0 Å². The number of amides is 4. The second-order valence-electron chi connectivity index (χ2n) is 7.29. The molecule has 1 aromatic carbocycles. The first-order valence-electron chi connectivity index (χ1n) is 9.62. The van der Waals surface area contributed by atoms with Crippen LogP contribution in [0, 0.1) is 10.1 Å². The van der Waals surface area contributed by atoms with E-state index in [-0.39, 0.29) is 34.5 Å². The molecule has 0 atom stereocenters. The van der Waals surface area contributed by atoms with Gasteiger partial charge in [0.05, 0.1) is 22.3 Å². The Balaban J connectivity index is 1.32. The number of carbonyl (C=O) groups excluding carboxylic acids is 4. The number of non-ortho nitro benzene ring substituents is 1. The van der Waals surface area contributed by atoms with Crippen LogP contribution in [0.4, 0.5) is 5.69 Å². The Morgan fingerprint density at radius 3 is 2.48 bits per heavy atom. The Kier molecular flexibility index (Phi) is 5.24. The lowest BCUT2D eigenvalue weighted by Gasteiger charge is -2.32. The Morgan fingerprint density at radius 1 is 1.13 bits per heavy atom. The molecule has 160 valence electrons. The minimum atomic E-state index is -0.738. The van der Waals surface area contributed by atoms with Crippen LogP contribution in [-0.4, -0.2) is 64.0 Å². The highest BCUT2D eigenvalue weighted by Gasteiger charge is 2.38. The zero-order chi connectivity index (χ0) is 22.1. The van der Waals surface area contributed by atoms with E-state index in [9.17, 15) is 29.3 Å². The molecule has 2 aliphatic rings. The molecule has 0 aliphatic carbocycles. The van der Waals surface area contributed by atoms with E-state index in [0.29, 0.717) is 25.9 Å². The summed E-state index contributed by atoms with van der Waals surface area (Å²) in [4.78, 5) is 62.3. The van der Waals surface area contributed by atoms with Crippen LogP contribution in [0.2, 0.25) is 0 Å². The highest BCUT2D eigenvalue weighted by molar-refractivity contribution is 6.22. The zero-order valence-electron chi connectivity index (χ0n) is 16.3. The lowest BCUT2D eigenvalue weighted by Crippen LogP contribution is -2.49. The van der Waals surface area contributed by atoms with E-state index in [2.05, 4.69) is 5.32 Å². The molecule has 1 fully saturated rings. The monoisotopic (exact) mass is 426 g/mol. The maximum atomic E-state index is 12.5. The van der Waals surface area contributed by atoms with Crippen LogP contribution in [0.3, 0.4) is 0 Å². The molecule has 1 aromatic heterocycles. The van der Waals surface area contributed by atoms with Crippen molar-refractivity contribution < 1.29 is 28.5 Å². The first kappa shape index (κ1) is 20.3. The Morgan fingerprint density at radius 2 is 1.84 bits per heavy atom. The van der Waals surface area contributed by atoms with Crippen LogP contribution in [0.25, 0.3) is 0 Å². The average Bonchev–Trinajstić information content (AvgIpc) is 3.37. The summed E-state index contributed by atoms with van der Waals surface area (Å²) in [5, 5.41) is 13.7. The van der Waals surface area contributed by atoms with Crippen molar-refractivity contribution in [1.82, 2.24) is 15.1 Å². The Hall–Kier alpha value is -4.02. The summed E-state index contributed by atoms with van der Waals surface area (Å²) in [6, 6.07) is 6.43. The van der Waals surface area contributed by atoms with Crippen molar-refractivity contribution in [3.05, 3.63) is 63.6 Å². The number of imide groups is 1. The number of hydrogen-bond acceptors (Lipinski definition) is 7. The van der Waals surface area contributed by atoms with E-state index >= 15 is 0 Å². The number of nitro benzene ring substituents is 1. The van der Waals surface area contributed by atoms with Crippen molar-refractivity contribution in [2.24, 2.45) is 0 Å². The molecule has 3 heterocycles. The normalized spacial score (nSPS) is 16.4. The topological polar surface area (TPSA) is 143 Å². The van der Waals surface area contributed by atoms with Crippen LogP contribution in [0.5, 0.6) is 0 Å². The molecule has 1 N–H and O–H groups in total. The van der Waals surface area contributed by atoms with Gasteiger partial charge in [-0.3, -0.25) is 34.2 Å². The third-order valence-corrected chi connectivity index (χ3v) is 5.35. The Labute approximate surface area is 175 Å². The molecule has 4 rings (SSSR count). The van der Waals surface area contributed by atoms with Gasteiger partial charge in [0.15, 0.2) is 5.76 Å². The molecule has 11 heteroatoms. The van der Waals surface area contributed by atoms with Gasteiger partial charge in [0.25, 0.3) is 23.4 Å². The molecule has 0 radical (unpaired) electrons. The van der Waals surface area contributed by atoms with E-state index in [1.807, 2.05) is 0 Å². The molecule has 1 saturated heterocycles. The van der Waals surface area contributed by atoms with Gasteiger partial charge < -0.3 is 14.6 Å². The molecule has 0 unspecified atom stereocenters. The van der Waals surface area contributed by atoms with E-state index in [1.54, 1.807) is 17.0 Å². The maximum absolute atomic E-state index is 12.5. The van der Waals surface area contributed by atoms with Crippen molar-refractivity contribution in [1.29, 1.82) is 0 Å². The van der Waals surface area contributed by atoms with E-state index in [1.165, 1.54) is 12.3 Å². The summed E-state index contributed by atoms with van der Waals surface area (Å²) in [5.74, 6) is -1.87. The smallest absolute Gasteiger partial charge is 0.289 e. The summed E-state index contributed by atoms with van der Waals surface area (Å²) >= 11 is 0. The molecule has 2 aliphatic heterocycles. The highest BCUT2D eigenvalue weighted by Crippen LogP contribution is 2.26. The van der Waals surface area contributed by atoms with Crippen molar-refractivity contribution in [2.75, 3.05) is 19.6 Å². The fourth-order valence-corrected chi connectivity index (χ4v) is 3.74. The quantitative estimate of drug-likeness (QED) is 0.430. The van der Waals surface area contributed by atoms with Crippen LogP contribution in [0.1, 0.15) is 44.1 Å². The van der Waals surface area contributed by atoms with Gasteiger partial charge in [-0.25, -0.2) is 0 Å². The van der Waals surface area contributed by atoms with Gasteiger partial charge in [0, 0.05) is 31.3 Å². The van der Waals surface area contributed by atoms with Gasteiger partial charge in [-0.1, -0.05) is 0 Å². The van der Waals surface area contributed by atoms with Gasteiger partial charge in [-0.2, -0.15) is 0 Å². The standard InChI is InChI=1S/C20H18N4O7/c25-17(21-12-5-7-22(8-6-12)20(28)16-2-1-9-31-16)11-23-18(26)14-4-3-13(24(29)30)10-15(14)19(23)27/h1-4,9-10,12H,5-8,11H2,(H,21,25). The Bertz CT molecular complexity index is 1070. The first-order valence-corrected chi connectivity index (χ1v) is 9.62. The largest absolute Gasteiger partial charge is 0.459 e. The summed E-state index contributed by atoms with van der Waals surface area (Å²) < 4.78 is 5.11. The van der Waals surface area contributed by atoms with Crippen LogP contribution in [-0.2, 0) is 4.79 Å². The number of piperidine rings is 1.